The first-order chi connectivity index (χ1) is 16.2. The Balaban J connectivity index is 1.94. The molecule has 0 spiro atoms. The van der Waals surface area contributed by atoms with Crippen molar-refractivity contribution in [3.05, 3.63) is 47.5 Å². The lowest BCUT2D eigenvalue weighted by Gasteiger charge is -2.28. The largest absolute Gasteiger partial charge is 0.478 e. The molecule has 0 bridgehead atoms. The first-order valence-corrected chi connectivity index (χ1v) is 12.4. The van der Waals surface area contributed by atoms with Gasteiger partial charge in [-0.2, -0.15) is 0 Å². The number of amides is 1. The highest BCUT2D eigenvalue weighted by molar-refractivity contribution is 7.90. The van der Waals surface area contributed by atoms with Gasteiger partial charge in [-0.15, -0.1) is 0 Å². The lowest BCUT2D eigenvalue weighted by Crippen LogP contribution is -2.39. The van der Waals surface area contributed by atoms with Crippen LogP contribution in [-0.4, -0.2) is 38.0 Å². The van der Waals surface area contributed by atoms with E-state index in [0.29, 0.717) is 35.5 Å². The SMILES string of the molecule is CCCc1cc(S(=O)(=O)NC(=O)OC(C)(C)C)ccc1OC(C)(C(=O)O)c1ccc2c(c1)OCO2. The zero-order valence-corrected chi connectivity index (χ0v) is 21.0. The number of aryl methyl sites for hydroxylation is 1. The van der Waals surface area contributed by atoms with Crippen LogP contribution in [0.4, 0.5) is 4.79 Å². The van der Waals surface area contributed by atoms with Gasteiger partial charge in [0.15, 0.2) is 11.5 Å². The van der Waals surface area contributed by atoms with Gasteiger partial charge in [-0.05, 0) is 70.0 Å². The molecule has 0 fully saturated rings. The minimum atomic E-state index is -4.24. The van der Waals surface area contributed by atoms with Gasteiger partial charge in [0.05, 0.1) is 4.90 Å². The summed E-state index contributed by atoms with van der Waals surface area (Å²) < 4.78 is 49.1. The van der Waals surface area contributed by atoms with Crippen molar-refractivity contribution >= 4 is 22.1 Å². The number of hydrogen-bond donors (Lipinski definition) is 2. The topological polar surface area (TPSA) is 137 Å². The average Bonchev–Trinajstić information content (AvgIpc) is 3.21. The van der Waals surface area contributed by atoms with Gasteiger partial charge in [-0.3, -0.25) is 0 Å². The molecule has 0 aromatic heterocycles. The van der Waals surface area contributed by atoms with E-state index in [1.807, 2.05) is 11.6 Å². The van der Waals surface area contributed by atoms with Crippen LogP contribution in [0.3, 0.4) is 0 Å². The van der Waals surface area contributed by atoms with Crippen molar-refractivity contribution in [2.75, 3.05) is 6.79 Å². The Labute approximate surface area is 204 Å². The Morgan fingerprint density at radius 1 is 1.06 bits per heavy atom. The fraction of sp³-hybridized carbons (Fsp3) is 0.417. The van der Waals surface area contributed by atoms with Gasteiger partial charge in [-0.1, -0.05) is 19.4 Å². The maximum Gasteiger partial charge on any atom is 0.421 e. The minimum Gasteiger partial charge on any atom is -0.478 e. The molecule has 2 aromatic rings. The van der Waals surface area contributed by atoms with Crippen molar-refractivity contribution < 1.29 is 42.1 Å². The third kappa shape index (κ3) is 5.97. The van der Waals surface area contributed by atoms with Crippen LogP contribution in [0.2, 0.25) is 0 Å². The third-order valence-electron chi connectivity index (χ3n) is 5.12. The number of carbonyl (C=O) groups is 2. The number of ether oxygens (including phenoxy) is 4. The summed E-state index contributed by atoms with van der Waals surface area (Å²) in [4.78, 5) is 24.1. The van der Waals surface area contributed by atoms with Gasteiger partial charge in [0.1, 0.15) is 11.4 Å². The summed E-state index contributed by atoms with van der Waals surface area (Å²) >= 11 is 0. The van der Waals surface area contributed by atoms with Crippen molar-refractivity contribution in [2.24, 2.45) is 0 Å². The van der Waals surface area contributed by atoms with Crippen LogP contribution in [0.1, 0.15) is 52.2 Å². The quantitative estimate of drug-likeness (QED) is 0.544. The molecule has 1 heterocycles. The number of carboxylic acids is 1. The number of fused-ring (bicyclic) bond motifs is 1. The molecule has 1 atom stereocenters. The molecule has 0 saturated heterocycles. The average molecular weight is 508 g/mol. The first kappa shape index (κ1) is 26.1. The number of benzene rings is 2. The van der Waals surface area contributed by atoms with E-state index in [1.165, 1.54) is 25.1 Å². The summed E-state index contributed by atoms with van der Waals surface area (Å²) in [7, 11) is -4.24. The number of hydrogen-bond acceptors (Lipinski definition) is 8. The molecule has 1 aliphatic rings. The van der Waals surface area contributed by atoms with Crippen LogP contribution in [0.5, 0.6) is 17.2 Å². The highest BCUT2D eigenvalue weighted by Crippen LogP contribution is 2.38. The van der Waals surface area contributed by atoms with Crippen LogP contribution in [-0.2, 0) is 31.6 Å². The minimum absolute atomic E-state index is 0.0390. The van der Waals surface area contributed by atoms with Crippen LogP contribution >= 0.6 is 0 Å². The lowest BCUT2D eigenvalue weighted by molar-refractivity contribution is -0.154. The number of sulfonamides is 1. The second kappa shape index (κ2) is 9.65. The molecule has 190 valence electrons. The van der Waals surface area contributed by atoms with E-state index < -0.39 is 33.3 Å². The van der Waals surface area contributed by atoms with Crippen molar-refractivity contribution in [3.63, 3.8) is 0 Å². The molecule has 1 unspecified atom stereocenters. The predicted octanol–water partition coefficient (Wildman–Crippen LogP) is 3.96. The second-order valence-electron chi connectivity index (χ2n) is 9.14. The van der Waals surface area contributed by atoms with Crippen molar-refractivity contribution in [3.8, 4) is 17.2 Å². The van der Waals surface area contributed by atoms with E-state index in [9.17, 15) is 23.1 Å². The number of nitrogens with one attached hydrogen (secondary N) is 1. The third-order valence-corrected chi connectivity index (χ3v) is 6.43. The number of aliphatic carboxylic acids is 1. The standard InChI is InChI=1S/C24H29NO9S/c1-6-7-15-12-17(35(29,30)25-22(28)34-23(2,3)4)9-11-18(15)33-24(5,21(26)27)16-8-10-19-20(13-16)32-14-31-19/h8-13H,6-7,14H2,1-5H3,(H,25,28)(H,26,27). The number of carbonyl (C=O) groups excluding carboxylic acids is 1. The molecule has 1 amide bonds. The van der Waals surface area contributed by atoms with E-state index in [-0.39, 0.29) is 17.4 Å². The van der Waals surface area contributed by atoms with Crippen molar-refractivity contribution in [2.45, 2.75) is 63.6 Å². The Morgan fingerprint density at radius 3 is 2.37 bits per heavy atom. The smallest absolute Gasteiger partial charge is 0.421 e. The van der Waals surface area contributed by atoms with Gasteiger partial charge >= 0.3 is 12.1 Å². The van der Waals surface area contributed by atoms with E-state index >= 15 is 0 Å². The fourth-order valence-electron chi connectivity index (χ4n) is 3.39. The van der Waals surface area contributed by atoms with Gasteiger partial charge in [0.2, 0.25) is 12.4 Å². The predicted molar refractivity (Wildman–Crippen MR) is 125 cm³/mol. The van der Waals surface area contributed by atoms with Gasteiger partial charge in [0, 0.05) is 5.56 Å². The molecule has 2 N–H and O–H groups in total. The zero-order chi connectivity index (χ0) is 26.0. The molecule has 0 aliphatic carbocycles. The van der Waals surface area contributed by atoms with Crippen LogP contribution in [0, 0.1) is 0 Å². The maximum atomic E-state index is 12.7. The first-order valence-electron chi connectivity index (χ1n) is 11.0. The molecule has 11 heteroatoms. The van der Waals surface area contributed by atoms with E-state index in [2.05, 4.69) is 0 Å². The summed E-state index contributed by atoms with van der Waals surface area (Å²) in [5.74, 6) is -0.144. The summed E-state index contributed by atoms with van der Waals surface area (Å²) in [6, 6.07) is 8.69. The molecular formula is C24H29NO9S. The Kier molecular flexibility index (Phi) is 7.21. The molecule has 2 aromatic carbocycles. The monoisotopic (exact) mass is 507 g/mol. The van der Waals surface area contributed by atoms with E-state index in [0.717, 1.165) is 0 Å². The van der Waals surface area contributed by atoms with Gasteiger partial charge in [0.25, 0.3) is 10.0 Å². The van der Waals surface area contributed by atoms with Crippen LogP contribution < -0.4 is 18.9 Å². The molecular weight excluding hydrogens is 478 g/mol. The normalized spacial score (nSPS) is 14.7. The highest BCUT2D eigenvalue weighted by Gasteiger charge is 2.40. The van der Waals surface area contributed by atoms with Crippen LogP contribution in [0.15, 0.2) is 41.3 Å². The fourth-order valence-corrected chi connectivity index (χ4v) is 4.32. The molecule has 1 aliphatic heterocycles. The van der Waals surface area contributed by atoms with Gasteiger partial charge < -0.3 is 24.1 Å². The summed E-state index contributed by atoms with van der Waals surface area (Å²) in [5.41, 5.74) is -1.90. The molecule has 0 radical (unpaired) electrons. The zero-order valence-electron chi connectivity index (χ0n) is 20.2. The summed E-state index contributed by atoms with van der Waals surface area (Å²) in [6.07, 6.45) is -0.0640. The van der Waals surface area contributed by atoms with Crippen molar-refractivity contribution in [1.82, 2.24) is 4.72 Å². The molecule has 3 rings (SSSR count). The van der Waals surface area contributed by atoms with E-state index in [4.69, 9.17) is 18.9 Å². The van der Waals surface area contributed by atoms with Gasteiger partial charge in [-0.25, -0.2) is 22.7 Å². The number of carboxylic acid groups (broad SMARTS) is 1. The summed E-state index contributed by atoms with van der Waals surface area (Å²) in [5, 5.41) is 10.0. The Hall–Kier alpha value is -3.47. The van der Waals surface area contributed by atoms with Crippen molar-refractivity contribution in [1.29, 1.82) is 0 Å². The lowest BCUT2D eigenvalue weighted by atomic mass is 9.95. The molecule has 0 saturated carbocycles. The summed E-state index contributed by atoms with van der Waals surface area (Å²) in [6.45, 7) is 8.17. The molecule has 35 heavy (non-hydrogen) atoms. The molecule has 10 nitrogen and oxygen atoms in total. The Bertz CT molecular complexity index is 1230. The number of rotatable bonds is 8. The van der Waals surface area contributed by atoms with Crippen LogP contribution in [0.25, 0.3) is 0 Å². The Morgan fingerprint density at radius 2 is 1.74 bits per heavy atom. The maximum absolute atomic E-state index is 12.7. The van der Waals surface area contributed by atoms with E-state index in [1.54, 1.807) is 39.0 Å². The second-order valence-corrected chi connectivity index (χ2v) is 10.8. The highest BCUT2D eigenvalue weighted by atomic mass is 32.2.